The smallest absolute Gasteiger partial charge is 0.148 e. The summed E-state index contributed by atoms with van der Waals surface area (Å²) in [5.41, 5.74) is 2.21. The molecule has 0 saturated carbocycles. The number of fused-ring (bicyclic) bond motifs is 1. The molecule has 0 aromatic heterocycles. The molecule has 0 aliphatic carbocycles. The van der Waals surface area contributed by atoms with Crippen LogP contribution in [0.3, 0.4) is 0 Å². The molecule has 1 aromatic rings. The first-order chi connectivity index (χ1) is 6.75. The summed E-state index contributed by atoms with van der Waals surface area (Å²) in [4.78, 5) is 10.8. The van der Waals surface area contributed by atoms with Crippen molar-refractivity contribution in [3.63, 3.8) is 0 Å². The number of nitrogens with one attached hydrogen (secondary N) is 1. The van der Waals surface area contributed by atoms with Gasteiger partial charge in [-0.3, -0.25) is 4.79 Å². The monoisotopic (exact) mass is 191 g/mol. The zero-order valence-corrected chi connectivity index (χ0v) is 8.17. The lowest BCUT2D eigenvalue weighted by atomic mass is 10.1. The third-order valence-electron chi connectivity index (χ3n) is 2.23. The first-order valence-electron chi connectivity index (χ1n) is 4.75. The minimum absolute atomic E-state index is 0.141. The Labute approximate surface area is 83.1 Å². The van der Waals surface area contributed by atoms with Gasteiger partial charge in [-0.1, -0.05) is 0 Å². The van der Waals surface area contributed by atoms with Crippen LogP contribution < -0.4 is 10.1 Å². The van der Waals surface area contributed by atoms with Gasteiger partial charge in [0.25, 0.3) is 0 Å². The molecule has 0 atom stereocenters. The van der Waals surface area contributed by atoms with Crippen LogP contribution in [0.4, 0.5) is 5.69 Å². The topological polar surface area (TPSA) is 38.3 Å². The normalized spacial score (nSPS) is 13.2. The number of ketones is 1. The standard InChI is InChI=1S/C11H13NO2/c1-8(13)7-12-10-2-3-11-9(6-10)4-5-14-11/h2-3,6,12H,4-5,7H2,1H3. The number of hydrogen-bond acceptors (Lipinski definition) is 3. The van der Waals surface area contributed by atoms with E-state index in [1.807, 2.05) is 18.2 Å². The van der Waals surface area contributed by atoms with Crippen LogP contribution in [0, 0.1) is 0 Å². The second-order valence-corrected chi connectivity index (χ2v) is 3.48. The maximum atomic E-state index is 10.8. The molecule has 0 spiro atoms. The van der Waals surface area contributed by atoms with E-state index >= 15 is 0 Å². The van der Waals surface area contributed by atoms with Crippen LogP contribution in [0.25, 0.3) is 0 Å². The number of Topliss-reactive ketones (excluding diaryl/α,β-unsaturated/α-hetero) is 1. The third kappa shape index (κ3) is 1.87. The van der Waals surface area contributed by atoms with Crippen molar-refractivity contribution in [2.45, 2.75) is 13.3 Å². The van der Waals surface area contributed by atoms with Gasteiger partial charge in [-0.25, -0.2) is 0 Å². The highest BCUT2D eigenvalue weighted by Gasteiger charge is 2.11. The van der Waals surface area contributed by atoms with E-state index in [2.05, 4.69) is 5.32 Å². The Morgan fingerprint density at radius 1 is 1.57 bits per heavy atom. The van der Waals surface area contributed by atoms with E-state index < -0.39 is 0 Å². The molecular formula is C11H13NO2. The average Bonchev–Trinajstić information content (AvgIpc) is 2.61. The van der Waals surface area contributed by atoms with Gasteiger partial charge >= 0.3 is 0 Å². The van der Waals surface area contributed by atoms with Gasteiger partial charge in [-0.2, -0.15) is 0 Å². The Morgan fingerprint density at radius 2 is 2.43 bits per heavy atom. The second-order valence-electron chi connectivity index (χ2n) is 3.48. The van der Waals surface area contributed by atoms with E-state index in [1.54, 1.807) is 6.92 Å². The summed E-state index contributed by atoms with van der Waals surface area (Å²) in [6.07, 6.45) is 0.963. The quantitative estimate of drug-likeness (QED) is 0.789. The van der Waals surface area contributed by atoms with Crippen molar-refractivity contribution in [1.29, 1.82) is 0 Å². The van der Waals surface area contributed by atoms with E-state index in [0.717, 1.165) is 24.5 Å². The summed E-state index contributed by atoms with van der Waals surface area (Å²) in [6, 6.07) is 5.93. The zero-order valence-electron chi connectivity index (χ0n) is 8.17. The molecule has 1 aliphatic heterocycles. The zero-order chi connectivity index (χ0) is 9.97. The minimum Gasteiger partial charge on any atom is -0.493 e. The number of ether oxygens (including phenoxy) is 1. The summed E-state index contributed by atoms with van der Waals surface area (Å²) in [7, 11) is 0. The maximum Gasteiger partial charge on any atom is 0.148 e. The first-order valence-corrected chi connectivity index (χ1v) is 4.75. The predicted molar refractivity (Wildman–Crippen MR) is 54.8 cm³/mol. The summed E-state index contributed by atoms with van der Waals surface area (Å²) >= 11 is 0. The Morgan fingerprint density at radius 3 is 3.21 bits per heavy atom. The van der Waals surface area contributed by atoms with Crippen LogP contribution >= 0.6 is 0 Å². The van der Waals surface area contributed by atoms with Crippen molar-refractivity contribution < 1.29 is 9.53 Å². The lowest BCUT2D eigenvalue weighted by Gasteiger charge is -2.05. The molecule has 0 bridgehead atoms. The first kappa shape index (κ1) is 9.06. The predicted octanol–water partition coefficient (Wildman–Crippen LogP) is 1.62. The second kappa shape index (κ2) is 3.70. The van der Waals surface area contributed by atoms with Gasteiger partial charge in [-0.05, 0) is 30.7 Å². The molecule has 14 heavy (non-hydrogen) atoms. The molecule has 1 heterocycles. The van der Waals surface area contributed by atoms with Crippen molar-refractivity contribution in [2.24, 2.45) is 0 Å². The van der Waals surface area contributed by atoms with Gasteiger partial charge in [0.1, 0.15) is 11.5 Å². The molecule has 1 aromatic carbocycles. The van der Waals surface area contributed by atoms with Crippen molar-refractivity contribution in [3.8, 4) is 5.75 Å². The van der Waals surface area contributed by atoms with Gasteiger partial charge in [0, 0.05) is 12.1 Å². The van der Waals surface area contributed by atoms with Gasteiger partial charge in [0.05, 0.1) is 13.2 Å². The number of rotatable bonds is 3. The molecular weight excluding hydrogens is 178 g/mol. The van der Waals surface area contributed by atoms with Crippen molar-refractivity contribution in [1.82, 2.24) is 0 Å². The number of hydrogen-bond donors (Lipinski definition) is 1. The summed E-state index contributed by atoms with van der Waals surface area (Å²) < 4.78 is 5.38. The van der Waals surface area contributed by atoms with E-state index in [4.69, 9.17) is 4.74 Å². The average molecular weight is 191 g/mol. The molecule has 0 amide bonds. The maximum absolute atomic E-state index is 10.8. The van der Waals surface area contributed by atoms with Crippen LogP contribution in [0.1, 0.15) is 12.5 Å². The van der Waals surface area contributed by atoms with E-state index in [1.165, 1.54) is 5.56 Å². The Balaban J connectivity index is 2.09. The van der Waals surface area contributed by atoms with Gasteiger partial charge in [0.2, 0.25) is 0 Å². The van der Waals surface area contributed by atoms with Gasteiger partial charge in [-0.15, -0.1) is 0 Å². The lowest BCUT2D eigenvalue weighted by Crippen LogP contribution is -2.09. The lowest BCUT2D eigenvalue weighted by molar-refractivity contribution is -0.115. The number of anilines is 1. The number of carbonyl (C=O) groups excluding carboxylic acids is 1. The molecule has 0 saturated heterocycles. The van der Waals surface area contributed by atoms with Gasteiger partial charge < -0.3 is 10.1 Å². The summed E-state index contributed by atoms with van der Waals surface area (Å²) in [5.74, 6) is 1.11. The molecule has 2 rings (SSSR count). The molecule has 0 fully saturated rings. The summed E-state index contributed by atoms with van der Waals surface area (Å²) in [5, 5.41) is 3.07. The van der Waals surface area contributed by atoms with E-state index in [0.29, 0.717) is 6.54 Å². The summed E-state index contributed by atoms with van der Waals surface area (Å²) in [6.45, 7) is 2.73. The number of carbonyl (C=O) groups is 1. The Bertz CT molecular complexity index is 360. The fourth-order valence-electron chi connectivity index (χ4n) is 1.52. The van der Waals surface area contributed by atoms with E-state index in [-0.39, 0.29) is 5.78 Å². The molecule has 0 unspecified atom stereocenters. The molecule has 1 aliphatic rings. The van der Waals surface area contributed by atoms with Gasteiger partial charge in [0.15, 0.2) is 0 Å². The fraction of sp³-hybridized carbons (Fsp3) is 0.364. The highest BCUT2D eigenvalue weighted by molar-refractivity contribution is 5.80. The Kier molecular flexibility index (Phi) is 2.39. The van der Waals surface area contributed by atoms with Crippen LogP contribution in [-0.2, 0) is 11.2 Å². The van der Waals surface area contributed by atoms with Crippen LogP contribution in [0.2, 0.25) is 0 Å². The molecule has 3 heteroatoms. The fourth-order valence-corrected chi connectivity index (χ4v) is 1.52. The molecule has 3 nitrogen and oxygen atoms in total. The molecule has 0 radical (unpaired) electrons. The largest absolute Gasteiger partial charge is 0.493 e. The highest BCUT2D eigenvalue weighted by Crippen LogP contribution is 2.27. The third-order valence-corrected chi connectivity index (χ3v) is 2.23. The SMILES string of the molecule is CC(=O)CNc1ccc2c(c1)CCO2. The Hall–Kier alpha value is -1.51. The van der Waals surface area contributed by atoms with Crippen molar-refractivity contribution >= 4 is 11.5 Å². The van der Waals surface area contributed by atoms with Crippen molar-refractivity contribution in [3.05, 3.63) is 23.8 Å². The minimum atomic E-state index is 0.141. The van der Waals surface area contributed by atoms with Crippen LogP contribution in [-0.4, -0.2) is 18.9 Å². The van der Waals surface area contributed by atoms with E-state index in [9.17, 15) is 4.79 Å². The van der Waals surface area contributed by atoms with Crippen LogP contribution in [0.5, 0.6) is 5.75 Å². The van der Waals surface area contributed by atoms with Crippen molar-refractivity contribution in [2.75, 3.05) is 18.5 Å². The molecule has 74 valence electrons. The van der Waals surface area contributed by atoms with Crippen LogP contribution in [0.15, 0.2) is 18.2 Å². The number of benzene rings is 1. The highest BCUT2D eigenvalue weighted by atomic mass is 16.5. The molecule has 1 N–H and O–H groups in total.